The molecule has 2 aromatic carbocycles. The Morgan fingerprint density at radius 3 is 2.43 bits per heavy atom. The van der Waals surface area contributed by atoms with Crippen LogP contribution in [0.4, 0.5) is 0 Å². The topological polar surface area (TPSA) is 35.2 Å². The van der Waals surface area contributed by atoms with Crippen molar-refractivity contribution in [2.75, 3.05) is 0 Å². The average molecular weight is 324 g/mol. The summed E-state index contributed by atoms with van der Waals surface area (Å²) in [5.41, 5.74) is 7.95. The minimum atomic E-state index is 0.230. The zero-order valence-corrected chi connectivity index (χ0v) is 13.5. The van der Waals surface area contributed by atoms with E-state index < -0.39 is 0 Å². The molecule has 2 rings (SSSR count). The largest absolute Gasteiger partial charge is 0.489 e. The van der Waals surface area contributed by atoms with Gasteiger partial charge in [-0.25, -0.2) is 0 Å². The number of halogens is 2. The molecule has 0 spiro atoms. The summed E-state index contributed by atoms with van der Waals surface area (Å²) in [6.45, 7) is 2.45. The Morgan fingerprint density at radius 1 is 1.10 bits per heavy atom. The summed E-state index contributed by atoms with van der Waals surface area (Å²) in [6, 6.07) is 13.7. The maximum atomic E-state index is 6.12. The Kier molecular flexibility index (Phi) is 5.92. The number of rotatable bonds is 6. The zero-order valence-electron chi connectivity index (χ0n) is 12.0. The van der Waals surface area contributed by atoms with Gasteiger partial charge in [-0.3, -0.25) is 0 Å². The SMILES string of the molecule is CC(N)CCc1ccc(OCc2ccc(Cl)cc2Cl)cc1. The first-order valence-corrected chi connectivity index (χ1v) is 7.71. The summed E-state index contributed by atoms with van der Waals surface area (Å²) >= 11 is 12.0. The van der Waals surface area contributed by atoms with Crippen LogP contribution in [-0.2, 0) is 13.0 Å². The molecule has 0 fully saturated rings. The summed E-state index contributed by atoms with van der Waals surface area (Å²) in [5.74, 6) is 0.825. The van der Waals surface area contributed by atoms with Gasteiger partial charge in [-0.2, -0.15) is 0 Å². The minimum Gasteiger partial charge on any atom is -0.489 e. The fourth-order valence-corrected chi connectivity index (χ4v) is 2.41. The molecule has 0 amide bonds. The molecule has 0 heterocycles. The first-order valence-electron chi connectivity index (χ1n) is 6.96. The second kappa shape index (κ2) is 7.69. The Bertz CT molecular complexity index is 582. The molecule has 2 nitrogen and oxygen atoms in total. The van der Waals surface area contributed by atoms with Crippen LogP contribution in [0.1, 0.15) is 24.5 Å². The van der Waals surface area contributed by atoms with Gasteiger partial charge in [0.1, 0.15) is 12.4 Å². The van der Waals surface area contributed by atoms with Crippen LogP contribution >= 0.6 is 23.2 Å². The van der Waals surface area contributed by atoms with Crippen LogP contribution in [0.25, 0.3) is 0 Å². The maximum absolute atomic E-state index is 6.12. The molecule has 0 saturated carbocycles. The quantitative estimate of drug-likeness (QED) is 0.824. The maximum Gasteiger partial charge on any atom is 0.119 e. The molecular weight excluding hydrogens is 305 g/mol. The van der Waals surface area contributed by atoms with Crippen LogP contribution in [0.15, 0.2) is 42.5 Å². The number of hydrogen-bond acceptors (Lipinski definition) is 2. The molecule has 0 saturated heterocycles. The highest BCUT2D eigenvalue weighted by molar-refractivity contribution is 6.35. The number of aryl methyl sites for hydroxylation is 1. The predicted octanol–water partition coefficient (Wildman–Crippen LogP) is 4.85. The normalized spacial score (nSPS) is 12.2. The zero-order chi connectivity index (χ0) is 15.2. The van der Waals surface area contributed by atoms with Gasteiger partial charge in [-0.1, -0.05) is 41.4 Å². The third-order valence-electron chi connectivity index (χ3n) is 3.22. The van der Waals surface area contributed by atoms with E-state index in [1.165, 1.54) is 5.56 Å². The van der Waals surface area contributed by atoms with Crippen LogP contribution in [0.3, 0.4) is 0 Å². The number of benzene rings is 2. The lowest BCUT2D eigenvalue weighted by Gasteiger charge is -2.09. The molecule has 4 heteroatoms. The monoisotopic (exact) mass is 323 g/mol. The van der Waals surface area contributed by atoms with Gasteiger partial charge in [-0.15, -0.1) is 0 Å². The third kappa shape index (κ3) is 5.24. The summed E-state index contributed by atoms with van der Waals surface area (Å²) in [6.07, 6.45) is 1.97. The summed E-state index contributed by atoms with van der Waals surface area (Å²) in [5, 5.41) is 1.25. The van der Waals surface area contributed by atoms with Crippen molar-refractivity contribution in [3.63, 3.8) is 0 Å². The molecule has 2 aromatic rings. The fourth-order valence-electron chi connectivity index (χ4n) is 1.95. The fraction of sp³-hybridized carbons (Fsp3) is 0.294. The summed E-state index contributed by atoms with van der Waals surface area (Å²) in [4.78, 5) is 0. The van der Waals surface area contributed by atoms with E-state index in [2.05, 4.69) is 12.1 Å². The van der Waals surface area contributed by atoms with Crippen molar-refractivity contribution in [1.82, 2.24) is 0 Å². The molecule has 1 atom stereocenters. The first-order chi connectivity index (χ1) is 10.0. The highest BCUT2D eigenvalue weighted by Crippen LogP contribution is 2.23. The van der Waals surface area contributed by atoms with Crippen LogP contribution < -0.4 is 10.5 Å². The standard InChI is InChI=1S/C17H19Cl2NO/c1-12(20)2-3-13-4-8-16(9-5-13)21-11-14-6-7-15(18)10-17(14)19/h4-10,12H,2-3,11,20H2,1H3. The van der Waals surface area contributed by atoms with Gasteiger partial charge in [-0.05, 0) is 49.6 Å². The van der Waals surface area contributed by atoms with Crippen molar-refractivity contribution in [2.45, 2.75) is 32.4 Å². The molecule has 0 bridgehead atoms. The lowest BCUT2D eigenvalue weighted by atomic mass is 10.1. The van der Waals surface area contributed by atoms with Crippen LogP contribution in [0, 0.1) is 0 Å². The third-order valence-corrected chi connectivity index (χ3v) is 3.81. The van der Waals surface area contributed by atoms with E-state index in [1.54, 1.807) is 6.07 Å². The predicted molar refractivity (Wildman–Crippen MR) is 89.2 cm³/mol. The number of ether oxygens (including phenoxy) is 1. The number of nitrogens with two attached hydrogens (primary N) is 1. The highest BCUT2D eigenvalue weighted by atomic mass is 35.5. The molecule has 0 radical (unpaired) electrons. The van der Waals surface area contributed by atoms with Gasteiger partial charge in [0.05, 0.1) is 0 Å². The van der Waals surface area contributed by atoms with Crippen molar-refractivity contribution in [3.05, 3.63) is 63.6 Å². The van der Waals surface area contributed by atoms with E-state index in [-0.39, 0.29) is 6.04 Å². The van der Waals surface area contributed by atoms with Crippen molar-refractivity contribution in [1.29, 1.82) is 0 Å². The van der Waals surface area contributed by atoms with E-state index in [4.69, 9.17) is 33.7 Å². The van der Waals surface area contributed by atoms with Crippen molar-refractivity contribution in [2.24, 2.45) is 5.73 Å². The molecule has 0 aliphatic rings. The van der Waals surface area contributed by atoms with Crippen molar-refractivity contribution >= 4 is 23.2 Å². The van der Waals surface area contributed by atoms with Gasteiger partial charge in [0.2, 0.25) is 0 Å². The molecule has 0 aliphatic carbocycles. The molecule has 0 aliphatic heterocycles. The Hall–Kier alpha value is -1.22. The average Bonchev–Trinajstić information content (AvgIpc) is 2.45. The van der Waals surface area contributed by atoms with Crippen LogP contribution in [-0.4, -0.2) is 6.04 Å². The highest BCUT2D eigenvalue weighted by Gasteiger charge is 2.03. The molecule has 0 aromatic heterocycles. The van der Waals surface area contributed by atoms with Gasteiger partial charge >= 0.3 is 0 Å². The van der Waals surface area contributed by atoms with Crippen molar-refractivity contribution < 1.29 is 4.74 Å². The van der Waals surface area contributed by atoms with Gasteiger partial charge in [0.25, 0.3) is 0 Å². The lowest BCUT2D eigenvalue weighted by molar-refractivity contribution is 0.306. The first kappa shape index (κ1) is 16.2. The minimum absolute atomic E-state index is 0.230. The van der Waals surface area contributed by atoms with E-state index in [9.17, 15) is 0 Å². The van der Waals surface area contributed by atoms with Crippen LogP contribution in [0.2, 0.25) is 10.0 Å². The van der Waals surface area contributed by atoms with E-state index in [0.717, 1.165) is 24.2 Å². The Balaban J connectivity index is 1.91. The molecule has 21 heavy (non-hydrogen) atoms. The molecular formula is C17H19Cl2NO. The van der Waals surface area contributed by atoms with E-state index in [1.807, 2.05) is 31.2 Å². The lowest BCUT2D eigenvalue weighted by Crippen LogP contribution is -2.15. The summed E-state index contributed by atoms with van der Waals surface area (Å²) < 4.78 is 5.74. The molecule has 1 unspecified atom stereocenters. The van der Waals surface area contributed by atoms with Crippen molar-refractivity contribution in [3.8, 4) is 5.75 Å². The molecule has 112 valence electrons. The van der Waals surface area contributed by atoms with Gasteiger partial charge in [0.15, 0.2) is 0 Å². The smallest absolute Gasteiger partial charge is 0.119 e. The van der Waals surface area contributed by atoms with Gasteiger partial charge < -0.3 is 10.5 Å². The van der Waals surface area contributed by atoms with E-state index in [0.29, 0.717) is 16.7 Å². The molecule has 2 N–H and O–H groups in total. The van der Waals surface area contributed by atoms with E-state index >= 15 is 0 Å². The Labute approximate surface area is 135 Å². The second-order valence-electron chi connectivity index (χ2n) is 5.18. The summed E-state index contributed by atoms with van der Waals surface area (Å²) in [7, 11) is 0. The van der Waals surface area contributed by atoms with Crippen LogP contribution in [0.5, 0.6) is 5.75 Å². The second-order valence-corrected chi connectivity index (χ2v) is 6.03. The van der Waals surface area contributed by atoms with Gasteiger partial charge in [0, 0.05) is 21.7 Å². The Morgan fingerprint density at radius 2 is 1.81 bits per heavy atom. The number of hydrogen-bond donors (Lipinski definition) is 1.